The highest BCUT2D eigenvalue weighted by Gasteiger charge is 2.42. The van der Waals surface area contributed by atoms with Gasteiger partial charge >= 0.3 is 0 Å². The Hall–Kier alpha value is -3.13. The van der Waals surface area contributed by atoms with Crippen LogP contribution >= 0.6 is 0 Å². The average Bonchev–Trinajstić information content (AvgIpc) is 3.47. The van der Waals surface area contributed by atoms with Gasteiger partial charge in [-0.1, -0.05) is 6.07 Å². The SMILES string of the molecule is Cc1c(C(=O)NC2CC3CCC(C2)N3c2ccc(C(=O)N[C@@H]3CCCN(C)C3)cn2)ccc2c1OCC2. The molecule has 6 rings (SSSR count). The van der Waals surface area contributed by atoms with E-state index in [0.29, 0.717) is 29.8 Å². The maximum atomic E-state index is 13.1. The van der Waals surface area contributed by atoms with Crippen molar-refractivity contribution < 1.29 is 14.3 Å². The molecule has 196 valence electrons. The number of aromatic nitrogens is 1. The number of fused-ring (bicyclic) bond motifs is 3. The van der Waals surface area contributed by atoms with Gasteiger partial charge in [0.15, 0.2) is 0 Å². The second kappa shape index (κ2) is 9.97. The first-order valence-corrected chi connectivity index (χ1v) is 13.8. The number of anilines is 1. The van der Waals surface area contributed by atoms with E-state index in [-0.39, 0.29) is 23.9 Å². The lowest BCUT2D eigenvalue weighted by Crippen LogP contribution is -2.51. The van der Waals surface area contributed by atoms with Crippen LogP contribution in [0.3, 0.4) is 0 Å². The standard InChI is InChI=1S/C29H37N5O3/c1-18-25(9-5-19-11-13-37-27(18)19)29(36)32-22-14-23-7-8-24(15-22)34(23)26-10-6-20(16-30-26)28(35)31-21-4-3-12-33(2)17-21/h5-6,9-10,16,21-24H,3-4,7-8,11-15,17H2,1-2H3,(H,31,35)(H,32,36)/t21-,22?,23?,24?/m1/s1. The van der Waals surface area contributed by atoms with Gasteiger partial charge in [-0.3, -0.25) is 9.59 Å². The molecule has 1 aromatic heterocycles. The zero-order valence-electron chi connectivity index (χ0n) is 21.8. The van der Waals surface area contributed by atoms with E-state index in [2.05, 4.69) is 27.5 Å². The van der Waals surface area contributed by atoms with Gasteiger partial charge in [0, 0.05) is 54.5 Å². The Morgan fingerprint density at radius 2 is 1.78 bits per heavy atom. The molecule has 4 aliphatic heterocycles. The van der Waals surface area contributed by atoms with Gasteiger partial charge in [-0.15, -0.1) is 0 Å². The Bertz CT molecular complexity index is 1170. The van der Waals surface area contributed by atoms with Crippen LogP contribution in [0.15, 0.2) is 30.5 Å². The molecule has 0 aliphatic carbocycles. The molecule has 8 heteroatoms. The first-order chi connectivity index (χ1) is 18.0. The molecule has 0 saturated carbocycles. The topological polar surface area (TPSA) is 86.8 Å². The Morgan fingerprint density at radius 1 is 1.00 bits per heavy atom. The monoisotopic (exact) mass is 503 g/mol. The predicted molar refractivity (Wildman–Crippen MR) is 142 cm³/mol. The third-order valence-electron chi connectivity index (χ3n) is 8.65. The number of piperidine rings is 2. The molecular weight excluding hydrogens is 466 g/mol. The Balaban J connectivity index is 1.08. The molecule has 0 radical (unpaired) electrons. The summed E-state index contributed by atoms with van der Waals surface area (Å²) in [6, 6.07) is 8.89. The lowest BCUT2D eigenvalue weighted by atomic mass is 9.96. The minimum Gasteiger partial charge on any atom is -0.493 e. The van der Waals surface area contributed by atoms with Crippen LogP contribution in [0.2, 0.25) is 0 Å². The number of pyridine rings is 1. The number of carbonyl (C=O) groups is 2. The number of benzene rings is 1. The normalized spacial score (nSPS) is 26.9. The number of hydrogen-bond donors (Lipinski definition) is 2. The van der Waals surface area contributed by atoms with Gasteiger partial charge in [-0.05, 0) is 82.8 Å². The Kier molecular flexibility index (Phi) is 6.53. The number of rotatable bonds is 5. The molecule has 3 fully saturated rings. The van der Waals surface area contributed by atoms with Gasteiger partial charge in [0.05, 0.1) is 12.2 Å². The first-order valence-electron chi connectivity index (χ1n) is 13.8. The number of nitrogens with one attached hydrogen (secondary N) is 2. The van der Waals surface area contributed by atoms with Crippen LogP contribution in [-0.4, -0.2) is 72.6 Å². The molecule has 3 saturated heterocycles. The largest absolute Gasteiger partial charge is 0.493 e. The molecule has 37 heavy (non-hydrogen) atoms. The van der Waals surface area contributed by atoms with E-state index in [1.807, 2.05) is 31.2 Å². The van der Waals surface area contributed by atoms with Gasteiger partial charge in [0.25, 0.3) is 11.8 Å². The fraction of sp³-hybridized carbons (Fsp3) is 0.552. The number of likely N-dealkylation sites (tertiary alicyclic amines) is 1. The van der Waals surface area contributed by atoms with Crippen molar-refractivity contribution in [3.8, 4) is 5.75 Å². The maximum Gasteiger partial charge on any atom is 0.253 e. The second-order valence-corrected chi connectivity index (χ2v) is 11.2. The molecule has 2 unspecified atom stereocenters. The second-order valence-electron chi connectivity index (χ2n) is 11.2. The summed E-state index contributed by atoms with van der Waals surface area (Å²) in [5.41, 5.74) is 3.46. The number of carbonyl (C=O) groups excluding carboxylic acids is 2. The van der Waals surface area contributed by atoms with Gasteiger partial charge in [-0.2, -0.15) is 0 Å². The van der Waals surface area contributed by atoms with Crippen LogP contribution < -0.4 is 20.3 Å². The number of amides is 2. The molecule has 5 heterocycles. The van der Waals surface area contributed by atoms with E-state index in [4.69, 9.17) is 9.72 Å². The lowest BCUT2D eigenvalue weighted by Gasteiger charge is -2.40. The summed E-state index contributed by atoms with van der Waals surface area (Å²) in [4.78, 5) is 35.3. The fourth-order valence-corrected chi connectivity index (χ4v) is 6.81. The third kappa shape index (κ3) is 4.79. The molecule has 2 aromatic rings. The molecule has 2 bridgehead atoms. The van der Waals surface area contributed by atoms with E-state index in [1.165, 1.54) is 5.56 Å². The van der Waals surface area contributed by atoms with Crippen LogP contribution in [0.25, 0.3) is 0 Å². The summed E-state index contributed by atoms with van der Waals surface area (Å²) in [5.74, 6) is 1.76. The Labute approximate surface area is 218 Å². The number of ether oxygens (including phenoxy) is 1. The lowest BCUT2D eigenvalue weighted by molar-refractivity contribution is 0.0908. The summed E-state index contributed by atoms with van der Waals surface area (Å²) in [6.07, 6.45) is 8.77. The average molecular weight is 504 g/mol. The quantitative estimate of drug-likeness (QED) is 0.652. The molecule has 2 N–H and O–H groups in total. The number of nitrogens with zero attached hydrogens (tertiary/aromatic N) is 3. The van der Waals surface area contributed by atoms with Gasteiger partial charge in [0.1, 0.15) is 11.6 Å². The fourth-order valence-electron chi connectivity index (χ4n) is 6.81. The highest BCUT2D eigenvalue weighted by molar-refractivity contribution is 5.97. The zero-order valence-corrected chi connectivity index (χ0v) is 21.8. The summed E-state index contributed by atoms with van der Waals surface area (Å²) in [7, 11) is 2.10. The van der Waals surface area contributed by atoms with Crippen LogP contribution in [0, 0.1) is 6.92 Å². The van der Waals surface area contributed by atoms with E-state index in [0.717, 1.165) is 75.2 Å². The minimum absolute atomic E-state index is 0.00806. The molecule has 1 aromatic carbocycles. The van der Waals surface area contributed by atoms with Gasteiger partial charge in [0.2, 0.25) is 0 Å². The summed E-state index contributed by atoms with van der Waals surface area (Å²) < 4.78 is 5.76. The highest BCUT2D eigenvalue weighted by Crippen LogP contribution is 2.39. The van der Waals surface area contributed by atoms with Crippen molar-refractivity contribution in [3.05, 3.63) is 52.7 Å². The molecular formula is C29H37N5O3. The van der Waals surface area contributed by atoms with E-state index >= 15 is 0 Å². The van der Waals surface area contributed by atoms with Crippen molar-refractivity contribution in [2.45, 2.75) is 76.0 Å². The van der Waals surface area contributed by atoms with Crippen molar-refractivity contribution in [1.82, 2.24) is 20.5 Å². The zero-order chi connectivity index (χ0) is 25.5. The van der Waals surface area contributed by atoms with Crippen LogP contribution in [0.4, 0.5) is 5.82 Å². The van der Waals surface area contributed by atoms with Crippen molar-refractivity contribution in [2.24, 2.45) is 0 Å². The van der Waals surface area contributed by atoms with Crippen molar-refractivity contribution in [3.63, 3.8) is 0 Å². The first kappa shape index (κ1) is 24.2. The molecule has 3 atom stereocenters. The summed E-state index contributed by atoms with van der Waals surface area (Å²) in [5, 5.41) is 6.48. The Morgan fingerprint density at radius 3 is 2.51 bits per heavy atom. The third-order valence-corrected chi connectivity index (χ3v) is 8.65. The molecule has 2 amide bonds. The molecule has 8 nitrogen and oxygen atoms in total. The van der Waals surface area contributed by atoms with Crippen LogP contribution in [-0.2, 0) is 6.42 Å². The summed E-state index contributed by atoms with van der Waals surface area (Å²) >= 11 is 0. The van der Waals surface area contributed by atoms with Crippen LogP contribution in [0.5, 0.6) is 5.75 Å². The summed E-state index contributed by atoms with van der Waals surface area (Å²) in [6.45, 7) is 4.66. The molecule has 0 spiro atoms. The van der Waals surface area contributed by atoms with E-state index < -0.39 is 0 Å². The van der Waals surface area contributed by atoms with E-state index in [9.17, 15) is 9.59 Å². The highest BCUT2D eigenvalue weighted by atomic mass is 16.5. The molecule has 4 aliphatic rings. The van der Waals surface area contributed by atoms with E-state index in [1.54, 1.807) is 6.20 Å². The number of hydrogen-bond acceptors (Lipinski definition) is 6. The van der Waals surface area contributed by atoms with Crippen molar-refractivity contribution in [2.75, 3.05) is 31.6 Å². The van der Waals surface area contributed by atoms with Crippen molar-refractivity contribution in [1.29, 1.82) is 0 Å². The van der Waals surface area contributed by atoms with Gasteiger partial charge < -0.3 is 25.2 Å². The number of likely N-dealkylation sites (N-methyl/N-ethyl adjacent to an activating group) is 1. The predicted octanol–water partition coefficient (Wildman–Crippen LogP) is 3.08. The maximum absolute atomic E-state index is 13.1. The van der Waals surface area contributed by atoms with Crippen LogP contribution in [0.1, 0.15) is 70.4 Å². The van der Waals surface area contributed by atoms with Gasteiger partial charge in [-0.25, -0.2) is 4.98 Å². The minimum atomic E-state index is -0.0454. The smallest absolute Gasteiger partial charge is 0.253 e. The van der Waals surface area contributed by atoms with Crippen molar-refractivity contribution >= 4 is 17.6 Å².